The van der Waals surface area contributed by atoms with Crippen LogP contribution >= 0.6 is 0 Å². The van der Waals surface area contributed by atoms with E-state index in [-0.39, 0.29) is 24.4 Å². The Morgan fingerprint density at radius 1 is 1.40 bits per heavy atom. The molecule has 0 aromatic carbocycles. The van der Waals surface area contributed by atoms with Crippen molar-refractivity contribution in [3.05, 3.63) is 0 Å². The van der Waals surface area contributed by atoms with E-state index in [0.29, 0.717) is 0 Å². The maximum atomic E-state index is 12.1. The Labute approximate surface area is 115 Å². The smallest absolute Gasteiger partial charge is 0.345 e. The van der Waals surface area contributed by atoms with E-state index < -0.39 is 18.6 Å². The van der Waals surface area contributed by atoms with E-state index in [1.54, 1.807) is 5.32 Å². The van der Waals surface area contributed by atoms with Crippen molar-refractivity contribution in [2.45, 2.75) is 32.0 Å². The van der Waals surface area contributed by atoms with E-state index in [2.05, 4.69) is 5.32 Å². The van der Waals surface area contributed by atoms with Crippen molar-refractivity contribution in [2.24, 2.45) is 5.92 Å². The van der Waals surface area contributed by atoms with Gasteiger partial charge in [-0.2, -0.15) is 13.2 Å². The van der Waals surface area contributed by atoms with Gasteiger partial charge in [0.15, 0.2) is 0 Å². The molecule has 1 heterocycles. The summed E-state index contributed by atoms with van der Waals surface area (Å²) in [6.45, 7) is 0.910. The van der Waals surface area contributed by atoms with Crippen LogP contribution in [-0.2, 0) is 9.59 Å². The molecule has 1 saturated heterocycles. The van der Waals surface area contributed by atoms with Crippen molar-refractivity contribution in [1.82, 2.24) is 15.5 Å². The van der Waals surface area contributed by atoms with E-state index in [0.717, 1.165) is 24.3 Å². The minimum Gasteiger partial charge on any atom is -0.345 e. The zero-order valence-electron chi connectivity index (χ0n) is 11.6. The Morgan fingerprint density at radius 2 is 2.05 bits per heavy atom. The topological polar surface area (TPSA) is 61.4 Å². The highest BCUT2D eigenvalue weighted by atomic mass is 19.4. The molecule has 0 aromatic heterocycles. The van der Waals surface area contributed by atoms with Gasteiger partial charge in [0.2, 0.25) is 11.8 Å². The predicted molar refractivity (Wildman–Crippen MR) is 66.9 cm³/mol. The molecule has 0 spiro atoms. The summed E-state index contributed by atoms with van der Waals surface area (Å²) in [6.07, 6.45) is -2.55. The first kappa shape index (κ1) is 16.7. The van der Waals surface area contributed by atoms with Gasteiger partial charge in [-0.15, -0.1) is 0 Å². The van der Waals surface area contributed by atoms with Gasteiger partial charge in [-0.3, -0.25) is 9.59 Å². The van der Waals surface area contributed by atoms with Crippen molar-refractivity contribution in [1.29, 1.82) is 0 Å². The van der Waals surface area contributed by atoms with Crippen LogP contribution in [0.15, 0.2) is 0 Å². The number of hydrogen-bond acceptors (Lipinski definition) is 3. The Bertz CT molecular complexity index is 360. The van der Waals surface area contributed by atoms with E-state index in [1.165, 1.54) is 7.05 Å². The molecule has 20 heavy (non-hydrogen) atoms. The van der Waals surface area contributed by atoms with Crippen molar-refractivity contribution in [3.8, 4) is 0 Å². The maximum Gasteiger partial charge on any atom is 0.405 e. The fourth-order valence-corrected chi connectivity index (χ4v) is 2.17. The molecule has 5 nitrogen and oxygen atoms in total. The third-order valence-electron chi connectivity index (χ3n) is 3.28. The van der Waals surface area contributed by atoms with Crippen LogP contribution in [0.25, 0.3) is 0 Å². The van der Waals surface area contributed by atoms with Crippen LogP contribution in [0.1, 0.15) is 19.8 Å². The van der Waals surface area contributed by atoms with Crippen molar-refractivity contribution < 1.29 is 22.8 Å². The van der Waals surface area contributed by atoms with Gasteiger partial charge in [0, 0.05) is 7.05 Å². The lowest BCUT2D eigenvalue weighted by atomic mass is 9.92. The molecule has 1 aliphatic rings. The Morgan fingerprint density at radius 3 is 2.60 bits per heavy atom. The Kier molecular flexibility index (Phi) is 5.79. The molecule has 2 N–H and O–H groups in total. The Hall–Kier alpha value is -1.31. The number of carbonyl (C=O) groups excluding carboxylic acids is 2. The number of carbonyl (C=O) groups is 2. The lowest BCUT2D eigenvalue weighted by molar-refractivity contribution is -0.142. The molecule has 0 aromatic rings. The average Bonchev–Trinajstić information content (AvgIpc) is 2.35. The highest BCUT2D eigenvalue weighted by Crippen LogP contribution is 2.17. The van der Waals surface area contributed by atoms with Gasteiger partial charge in [0.1, 0.15) is 6.54 Å². The second kappa shape index (κ2) is 6.92. The third kappa shape index (κ3) is 5.36. The number of hydrogen-bond donors (Lipinski definition) is 2. The molecule has 1 fully saturated rings. The van der Waals surface area contributed by atoms with Crippen molar-refractivity contribution >= 4 is 11.8 Å². The van der Waals surface area contributed by atoms with Gasteiger partial charge in [0.05, 0.1) is 12.6 Å². The minimum atomic E-state index is -4.45. The molecular formula is C12H20F3N3O2. The van der Waals surface area contributed by atoms with Crippen LogP contribution in [-0.4, -0.2) is 55.6 Å². The first-order valence-corrected chi connectivity index (χ1v) is 6.52. The summed E-state index contributed by atoms with van der Waals surface area (Å²) in [5, 5.41) is 4.82. The van der Waals surface area contributed by atoms with Gasteiger partial charge in [0.25, 0.3) is 0 Å². The zero-order chi connectivity index (χ0) is 15.3. The minimum absolute atomic E-state index is 0.150. The number of nitrogens with one attached hydrogen (secondary N) is 2. The fourth-order valence-electron chi connectivity index (χ4n) is 2.17. The molecule has 2 amide bonds. The summed E-state index contributed by atoms with van der Waals surface area (Å²) >= 11 is 0. The van der Waals surface area contributed by atoms with Crippen LogP contribution in [0.2, 0.25) is 0 Å². The van der Waals surface area contributed by atoms with Crippen molar-refractivity contribution in [2.75, 3.05) is 26.7 Å². The number of halogens is 3. The number of rotatable bonds is 4. The van der Waals surface area contributed by atoms with Gasteiger partial charge < -0.3 is 15.5 Å². The average molecular weight is 295 g/mol. The summed E-state index contributed by atoms with van der Waals surface area (Å²) < 4.78 is 35.8. The molecule has 0 aliphatic carbocycles. The number of nitrogens with zero attached hydrogens (tertiary/aromatic N) is 1. The standard InChI is InChI=1S/C12H20F3N3O2/c1-8-4-3-5-16-10(8)11(20)18(2)6-9(19)17-7-12(13,14)15/h8,10,16H,3-7H2,1-2H3,(H,17,19). The van der Waals surface area contributed by atoms with Gasteiger partial charge in [-0.1, -0.05) is 6.92 Å². The van der Waals surface area contributed by atoms with Gasteiger partial charge >= 0.3 is 6.18 Å². The molecule has 1 rings (SSSR count). The third-order valence-corrected chi connectivity index (χ3v) is 3.28. The van der Waals surface area contributed by atoms with E-state index >= 15 is 0 Å². The first-order chi connectivity index (χ1) is 9.20. The second-order valence-corrected chi connectivity index (χ2v) is 5.14. The monoisotopic (exact) mass is 295 g/mol. The number of amides is 2. The van der Waals surface area contributed by atoms with Crippen LogP contribution in [0.5, 0.6) is 0 Å². The van der Waals surface area contributed by atoms with Gasteiger partial charge in [-0.05, 0) is 25.3 Å². The highest BCUT2D eigenvalue weighted by molar-refractivity contribution is 5.87. The van der Waals surface area contributed by atoms with Crippen molar-refractivity contribution in [3.63, 3.8) is 0 Å². The quantitative estimate of drug-likeness (QED) is 0.794. The molecule has 1 aliphatic heterocycles. The lowest BCUT2D eigenvalue weighted by Gasteiger charge is -2.32. The largest absolute Gasteiger partial charge is 0.405 e. The van der Waals surface area contributed by atoms with E-state index in [4.69, 9.17) is 0 Å². The summed E-state index contributed by atoms with van der Waals surface area (Å²) in [5.74, 6) is -0.932. The summed E-state index contributed by atoms with van der Waals surface area (Å²) in [6, 6.07) is -0.371. The summed E-state index contributed by atoms with van der Waals surface area (Å²) in [4.78, 5) is 24.6. The summed E-state index contributed by atoms with van der Waals surface area (Å²) in [5.41, 5.74) is 0. The van der Waals surface area contributed by atoms with E-state index in [9.17, 15) is 22.8 Å². The fraction of sp³-hybridized carbons (Fsp3) is 0.833. The van der Waals surface area contributed by atoms with Crippen LogP contribution < -0.4 is 10.6 Å². The summed E-state index contributed by atoms with van der Waals surface area (Å²) in [7, 11) is 1.42. The second-order valence-electron chi connectivity index (χ2n) is 5.14. The van der Waals surface area contributed by atoms with Crippen LogP contribution in [0.3, 0.4) is 0 Å². The molecule has 0 saturated carbocycles. The zero-order valence-corrected chi connectivity index (χ0v) is 11.6. The first-order valence-electron chi connectivity index (χ1n) is 6.52. The van der Waals surface area contributed by atoms with Gasteiger partial charge in [-0.25, -0.2) is 0 Å². The molecule has 2 atom stereocenters. The molecule has 2 unspecified atom stereocenters. The molecule has 0 radical (unpaired) electrons. The van der Waals surface area contributed by atoms with Crippen LogP contribution in [0.4, 0.5) is 13.2 Å². The van der Waals surface area contributed by atoms with E-state index in [1.807, 2.05) is 6.92 Å². The maximum absolute atomic E-state index is 12.1. The Balaban J connectivity index is 2.43. The number of piperidine rings is 1. The molecule has 8 heteroatoms. The molecule has 0 bridgehead atoms. The molecule has 116 valence electrons. The predicted octanol–water partition coefficient (Wildman–Crippen LogP) is 0.511. The lowest BCUT2D eigenvalue weighted by Crippen LogP contribution is -2.53. The highest BCUT2D eigenvalue weighted by Gasteiger charge is 2.31. The number of likely N-dealkylation sites (N-methyl/N-ethyl adjacent to an activating group) is 1. The SMILES string of the molecule is CC1CCCNC1C(=O)N(C)CC(=O)NCC(F)(F)F. The number of alkyl halides is 3. The molecular weight excluding hydrogens is 275 g/mol. The normalized spacial score (nSPS) is 23.2. The van der Waals surface area contributed by atoms with Crippen LogP contribution in [0, 0.1) is 5.92 Å².